The lowest BCUT2D eigenvalue weighted by Crippen LogP contribution is -2.44. The number of urea groups is 1. The first-order valence-corrected chi connectivity index (χ1v) is 6.94. The molecular formula is C14H22N2O4. The van der Waals surface area contributed by atoms with E-state index in [0.29, 0.717) is 18.9 Å². The summed E-state index contributed by atoms with van der Waals surface area (Å²) >= 11 is 0. The molecule has 20 heavy (non-hydrogen) atoms. The van der Waals surface area contributed by atoms with Gasteiger partial charge in [-0.1, -0.05) is 0 Å². The van der Waals surface area contributed by atoms with Crippen LogP contribution in [0.2, 0.25) is 0 Å². The van der Waals surface area contributed by atoms with E-state index in [1.54, 1.807) is 19.1 Å². The maximum absolute atomic E-state index is 11.5. The van der Waals surface area contributed by atoms with Crippen LogP contribution in [0.15, 0.2) is 22.8 Å². The summed E-state index contributed by atoms with van der Waals surface area (Å²) in [5.74, 6) is 1.15. The molecule has 6 nitrogen and oxygen atoms in total. The van der Waals surface area contributed by atoms with E-state index in [9.17, 15) is 9.90 Å². The molecule has 1 aliphatic rings. The molecule has 0 radical (unpaired) electrons. The minimum atomic E-state index is -1.22. The Kier molecular flexibility index (Phi) is 5.03. The maximum Gasteiger partial charge on any atom is 0.314 e. The van der Waals surface area contributed by atoms with Crippen molar-refractivity contribution in [3.05, 3.63) is 24.2 Å². The number of ether oxygens (including phenoxy) is 1. The molecule has 0 bridgehead atoms. The van der Waals surface area contributed by atoms with Crippen molar-refractivity contribution in [2.24, 2.45) is 5.92 Å². The molecule has 2 amide bonds. The third-order valence-corrected chi connectivity index (χ3v) is 3.23. The highest BCUT2D eigenvalue weighted by Gasteiger charge is 2.26. The number of nitrogens with one attached hydrogen (secondary N) is 2. The number of aliphatic hydroxyl groups is 1. The average molecular weight is 282 g/mol. The van der Waals surface area contributed by atoms with Gasteiger partial charge in [-0.2, -0.15) is 0 Å². The van der Waals surface area contributed by atoms with E-state index in [1.807, 2.05) is 0 Å². The van der Waals surface area contributed by atoms with Gasteiger partial charge in [0, 0.05) is 13.2 Å². The highest BCUT2D eigenvalue weighted by molar-refractivity contribution is 5.73. The van der Waals surface area contributed by atoms with Crippen molar-refractivity contribution < 1.29 is 19.1 Å². The van der Waals surface area contributed by atoms with Crippen LogP contribution in [0, 0.1) is 5.92 Å². The lowest BCUT2D eigenvalue weighted by Gasteiger charge is -2.21. The molecule has 1 aliphatic carbocycles. The SMILES string of the molecule is CC(O)(CNC(=O)NCCOCC1CC1)c1ccco1. The minimum Gasteiger partial charge on any atom is -0.466 e. The molecule has 1 aromatic rings. The van der Waals surface area contributed by atoms with Crippen molar-refractivity contribution in [3.63, 3.8) is 0 Å². The lowest BCUT2D eigenvalue weighted by atomic mass is 10.0. The van der Waals surface area contributed by atoms with Gasteiger partial charge in [-0.05, 0) is 37.8 Å². The number of amides is 2. The largest absolute Gasteiger partial charge is 0.466 e. The first-order chi connectivity index (χ1) is 9.58. The topological polar surface area (TPSA) is 83.7 Å². The van der Waals surface area contributed by atoms with Gasteiger partial charge in [0.15, 0.2) is 0 Å². The Bertz CT molecular complexity index is 413. The van der Waals surface area contributed by atoms with Crippen LogP contribution in [0.5, 0.6) is 0 Å². The van der Waals surface area contributed by atoms with E-state index < -0.39 is 5.60 Å². The molecule has 1 atom stereocenters. The highest BCUT2D eigenvalue weighted by atomic mass is 16.5. The van der Waals surface area contributed by atoms with Gasteiger partial charge < -0.3 is 24.9 Å². The molecule has 3 N–H and O–H groups in total. The number of rotatable bonds is 8. The van der Waals surface area contributed by atoms with E-state index in [0.717, 1.165) is 12.5 Å². The smallest absolute Gasteiger partial charge is 0.314 e. The summed E-state index contributed by atoms with van der Waals surface area (Å²) < 4.78 is 10.5. The fourth-order valence-corrected chi connectivity index (χ4v) is 1.76. The van der Waals surface area contributed by atoms with E-state index in [4.69, 9.17) is 9.15 Å². The summed E-state index contributed by atoms with van der Waals surface area (Å²) in [6.45, 7) is 3.43. The van der Waals surface area contributed by atoms with E-state index in [2.05, 4.69) is 10.6 Å². The van der Waals surface area contributed by atoms with Crippen LogP contribution in [-0.4, -0.2) is 37.4 Å². The van der Waals surface area contributed by atoms with Crippen LogP contribution in [0.25, 0.3) is 0 Å². The number of furan rings is 1. The molecule has 2 rings (SSSR count). The van der Waals surface area contributed by atoms with Crippen LogP contribution >= 0.6 is 0 Å². The Morgan fingerprint density at radius 2 is 2.35 bits per heavy atom. The van der Waals surface area contributed by atoms with Crippen molar-refractivity contribution in [2.75, 3.05) is 26.3 Å². The van der Waals surface area contributed by atoms with Crippen LogP contribution in [-0.2, 0) is 10.3 Å². The number of carbonyl (C=O) groups excluding carboxylic acids is 1. The Labute approximate surface area is 118 Å². The Balaban J connectivity index is 1.57. The summed E-state index contributed by atoms with van der Waals surface area (Å²) in [4.78, 5) is 11.5. The van der Waals surface area contributed by atoms with E-state index >= 15 is 0 Å². The molecule has 0 spiro atoms. The Hall–Kier alpha value is -1.53. The summed E-state index contributed by atoms with van der Waals surface area (Å²) in [6.07, 6.45) is 4.01. The van der Waals surface area contributed by atoms with Crippen LogP contribution in [0.3, 0.4) is 0 Å². The second-order valence-corrected chi connectivity index (χ2v) is 5.38. The van der Waals surface area contributed by atoms with E-state index in [-0.39, 0.29) is 12.6 Å². The van der Waals surface area contributed by atoms with Gasteiger partial charge in [0.25, 0.3) is 0 Å². The number of hydrogen-bond acceptors (Lipinski definition) is 4. The maximum atomic E-state index is 11.5. The zero-order chi connectivity index (χ0) is 14.4. The van der Waals surface area contributed by atoms with Crippen molar-refractivity contribution in [2.45, 2.75) is 25.4 Å². The zero-order valence-corrected chi connectivity index (χ0v) is 11.7. The monoisotopic (exact) mass is 282 g/mol. The summed E-state index contributed by atoms with van der Waals surface area (Å²) in [7, 11) is 0. The van der Waals surface area contributed by atoms with Gasteiger partial charge >= 0.3 is 6.03 Å². The van der Waals surface area contributed by atoms with Gasteiger partial charge in [0.2, 0.25) is 0 Å². The molecular weight excluding hydrogens is 260 g/mol. The van der Waals surface area contributed by atoms with Crippen molar-refractivity contribution in [1.29, 1.82) is 0 Å². The van der Waals surface area contributed by atoms with Gasteiger partial charge in [-0.25, -0.2) is 4.79 Å². The molecule has 0 saturated heterocycles. The molecule has 1 unspecified atom stereocenters. The molecule has 1 saturated carbocycles. The van der Waals surface area contributed by atoms with Crippen molar-refractivity contribution >= 4 is 6.03 Å². The number of carbonyl (C=O) groups is 1. The summed E-state index contributed by atoms with van der Waals surface area (Å²) in [5.41, 5.74) is -1.22. The fraction of sp³-hybridized carbons (Fsp3) is 0.643. The molecule has 1 fully saturated rings. The second kappa shape index (κ2) is 6.76. The standard InChI is InChI=1S/C14H22N2O4/c1-14(18,12-3-2-7-20-12)10-16-13(17)15-6-8-19-9-11-4-5-11/h2-3,7,11,18H,4-6,8-10H2,1H3,(H2,15,16,17). The average Bonchev–Trinajstić information content (AvgIpc) is 3.06. The predicted octanol–water partition coefficient (Wildman–Crippen LogP) is 1.21. The van der Waals surface area contributed by atoms with Crippen LogP contribution < -0.4 is 10.6 Å². The minimum absolute atomic E-state index is 0.0786. The fourth-order valence-electron chi connectivity index (χ4n) is 1.76. The van der Waals surface area contributed by atoms with Crippen molar-refractivity contribution in [1.82, 2.24) is 10.6 Å². The van der Waals surface area contributed by atoms with Gasteiger partial charge in [-0.15, -0.1) is 0 Å². The zero-order valence-electron chi connectivity index (χ0n) is 11.7. The first kappa shape index (κ1) is 14.9. The summed E-state index contributed by atoms with van der Waals surface area (Å²) in [5, 5.41) is 15.4. The molecule has 0 aromatic carbocycles. The second-order valence-electron chi connectivity index (χ2n) is 5.38. The third-order valence-electron chi connectivity index (χ3n) is 3.23. The normalized spacial score (nSPS) is 17.5. The molecule has 112 valence electrons. The molecule has 1 heterocycles. The Morgan fingerprint density at radius 1 is 1.55 bits per heavy atom. The van der Waals surface area contributed by atoms with Crippen molar-refractivity contribution in [3.8, 4) is 0 Å². The highest BCUT2D eigenvalue weighted by Crippen LogP contribution is 2.28. The lowest BCUT2D eigenvalue weighted by molar-refractivity contribution is 0.0366. The predicted molar refractivity (Wildman–Crippen MR) is 73.2 cm³/mol. The Morgan fingerprint density at radius 3 is 3.00 bits per heavy atom. The van der Waals surface area contributed by atoms with Gasteiger partial charge in [-0.3, -0.25) is 0 Å². The van der Waals surface area contributed by atoms with Gasteiger partial charge in [0.1, 0.15) is 11.4 Å². The van der Waals surface area contributed by atoms with E-state index in [1.165, 1.54) is 19.1 Å². The quantitative estimate of drug-likeness (QED) is 0.626. The molecule has 0 aliphatic heterocycles. The number of hydrogen-bond donors (Lipinski definition) is 3. The third kappa shape index (κ3) is 4.86. The van der Waals surface area contributed by atoms with Crippen LogP contribution in [0.1, 0.15) is 25.5 Å². The summed E-state index contributed by atoms with van der Waals surface area (Å²) in [6, 6.07) is 3.04. The van der Waals surface area contributed by atoms with Gasteiger partial charge in [0.05, 0.1) is 19.4 Å². The van der Waals surface area contributed by atoms with Crippen LogP contribution in [0.4, 0.5) is 4.79 Å². The molecule has 6 heteroatoms. The first-order valence-electron chi connectivity index (χ1n) is 6.94. The molecule has 1 aromatic heterocycles.